The number of benzene rings is 1. The van der Waals surface area contributed by atoms with Crippen molar-refractivity contribution in [2.75, 3.05) is 12.4 Å². The lowest BCUT2D eigenvalue weighted by atomic mass is 10.2. The predicted molar refractivity (Wildman–Crippen MR) is 76.9 cm³/mol. The number of esters is 1. The number of methoxy groups -OCH3 is 1. The lowest BCUT2D eigenvalue weighted by molar-refractivity contribution is -0.137. The monoisotopic (exact) mass is 345 g/mol. The molecule has 1 amide bonds. The van der Waals surface area contributed by atoms with E-state index in [1.807, 2.05) is 0 Å². The third-order valence-electron chi connectivity index (χ3n) is 2.74. The van der Waals surface area contributed by atoms with Crippen molar-refractivity contribution in [1.29, 1.82) is 0 Å². The fourth-order valence-corrected chi connectivity index (χ4v) is 2.44. The number of alkyl halides is 3. The average Bonchev–Trinajstić information content (AvgIpc) is 2.95. The first-order valence-electron chi connectivity index (χ1n) is 6.12. The van der Waals surface area contributed by atoms with Gasteiger partial charge in [-0.25, -0.2) is 4.79 Å². The molecule has 2 rings (SSSR count). The zero-order valence-electron chi connectivity index (χ0n) is 11.6. The lowest BCUT2D eigenvalue weighted by Gasteiger charge is -2.13. The number of halogens is 3. The summed E-state index contributed by atoms with van der Waals surface area (Å²) >= 11 is 1.06. The molecule has 0 aliphatic carbocycles. The molecular weight excluding hydrogens is 335 g/mol. The maximum atomic E-state index is 12.7. The fraction of sp³-hybridized carbons (Fsp3) is 0.143. The number of nitrogens with one attached hydrogen (secondary N) is 1. The molecule has 0 aliphatic heterocycles. The van der Waals surface area contributed by atoms with Crippen LogP contribution in [-0.4, -0.2) is 19.5 Å². The quantitative estimate of drug-likeness (QED) is 0.659. The van der Waals surface area contributed by atoms with Gasteiger partial charge in [0, 0.05) is 0 Å². The summed E-state index contributed by atoms with van der Waals surface area (Å²) in [4.78, 5) is 22.3. The number of anilines is 1. The predicted octanol–water partition coefficient (Wildman–Crippen LogP) is 3.91. The molecular formula is C14H10F3NO4S. The van der Waals surface area contributed by atoms with E-state index in [0.29, 0.717) is 0 Å². The molecule has 0 aliphatic rings. The minimum Gasteiger partial charge on any atom is -0.465 e. The summed E-state index contributed by atoms with van der Waals surface area (Å²) in [7, 11) is 1.20. The molecule has 0 spiro atoms. The van der Waals surface area contributed by atoms with Gasteiger partial charge >= 0.3 is 12.1 Å². The molecule has 1 N–H and O–H groups in total. The Bertz CT molecular complexity index is 727. The zero-order chi connectivity index (χ0) is 17.0. The Kier molecular flexibility index (Phi) is 4.89. The van der Waals surface area contributed by atoms with Crippen molar-refractivity contribution in [3.05, 3.63) is 40.1 Å². The van der Waals surface area contributed by atoms with Gasteiger partial charge in [-0.2, -0.15) is 13.2 Å². The van der Waals surface area contributed by atoms with Gasteiger partial charge in [0.25, 0.3) is 0 Å². The molecule has 9 heteroatoms. The molecule has 2 aromatic rings. The number of thiophene rings is 1. The van der Waals surface area contributed by atoms with Crippen molar-refractivity contribution < 1.29 is 32.2 Å². The van der Waals surface area contributed by atoms with Crippen LogP contribution in [0.4, 0.5) is 18.9 Å². The summed E-state index contributed by atoms with van der Waals surface area (Å²) in [5, 5.41) is 3.71. The van der Waals surface area contributed by atoms with Gasteiger partial charge in [0.15, 0.2) is 16.4 Å². The normalized spacial score (nSPS) is 11.0. The van der Waals surface area contributed by atoms with E-state index in [-0.39, 0.29) is 28.5 Å². The Balaban J connectivity index is 2.38. The number of ether oxygens (including phenoxy) is 2. The molecule has 1 heterocycles. The average molecular weight is 345 g/mol. The second-order valence-corrected chi connectivity index (χ2v) is 5.09. The van der Waals surface area contributed by atoms with Crippen LogP contribution in [0.25, 0.3) is 0 Å². The highest BCUT2D eigenvalue weighted by Crippen LogP contribution is 2.38. The molecule has 122 valence electrons. The van der Waals surface area contributed by atoms with Crippen LogP contribution in [0.1, 0.15) is 15.2 Å². The van der Waals surface area contributed by atoms with E-state index in [0.717, 1.165) is 29.5 Å². The van der Waals surface area contributed by atoms with Crippen LogP contribution in [0.3, 0.4) is 0 Å². The van der Waals surface area contributed by atoms with Crippen LogP contribution in [0.2, 0.25) is 0 Å². The Morgan fingerprint density at radius 3 is 2.61 bits per heavy atom. The number of rotatable bonds is 5. The van der Waals surface area contributed by atoms with Crippen LogP contribution in [0.15, 0.2) is 29.6 Å². The molecule has 0 saturated heterocycles. The standard InChI is InChI=1S/C14H10F3NO4S/c1-21-13(20)12-11(4-5-23-12)22-10-3-2-8(14(15,16)17)6-9(10)18-7-19/h2-7H,1H3,(H,18,19). The smallest absolute Gasteiger partial charge is 0.416 e. The second-order valence-electron chi connectivity index (χ2n) is 4.18. The van der Waals surface area contributed by atoms with Gasteiger partial charge in [0.1, 0.15) is 0 Å². The number of hydrogen-bond acceptors (Lipinski definition) is 5. The van der Waals surface area contributed by atoms with Crippen molar-refractivity contribution in [3.63, 3.8) is 0 Å². The molecule has 5 nitrogen and oxygen atoms in total. The van der Waals surface area contributed by atoms with E-state index in [9.17, 15) is 22.8 Å². The Labute approximate surface area is 132 Å². The lowest BCUT2D eigenvalue weighted by Crippen LogP contribution is -2.07. The van der Waals surface area contributed by atoms with E-state index in [1.54, 1.807) is 5.38 Å². The molecule has 0 atom stereocenters. The highest BCUT2D eigenvalue weighted by Gasteiger charge is 2.31. The molecule has 0 bridgehead atoms. The van der Waals surface area contributed by atoms with Gasteiger partial charge in [-0.15, -0.1) is 11.3 Å². The largest absolute Gasteiger partial charge is 0.465 e. The minimum atomic E-state index is -4.56. The van der Waals surface area contributed by atoms with Crippen LogP contribution in [0, 0.1) is 0 Å². The van der Waals surface area contributed by atoms with Gasteiger partial charge < -0.3 is 14.8 Å². The SMILES string of the molecule is COC(=O)c1sccc1Oc1ccc(C(F)(F)F)cc1NC=O. The van der Waals surface area contributed by atoms with Gasteiger partial charge in [-0.3, -0.25) is 4.79 Å². The molecule has 0 fully saturated rings. The minimum absolute atomic E-state index is 0.0337. The third kappa shape index (κ3) is 3.81. The molecule has 0 saturated carbocycles. The van der Waals surface area contributed by atoms with Crippen LogP contribution in [-0.2, 0) is 15.7 Å². The highest BCUT2D eigenvalue weighted by molar-refractivity contribution is 7.12. The summed E-state index contributed by atoms with van der Waals surface area (Å²) < 4.78 is 48.2. The van der Waals surface area contributed by atoms with Crippen molar-refractivity contribution in [1.82, 2.24) is 0 Å². The molecule has 23 heavy (non-hydrogen) atoms. The van der Waals surface area contributed by atoms with Crippen LogP contribution < -0.4 is 10.1 Å². The highest BCUT2D eigenvalue weighted by atomic mass is 32.1. The topological polar surface area (TPSA) is 64.6 Å². The van der Waals surface area contributed by atoms with Gasteiger partial charge in [0.05, 0.1) is 18.4 Å². The third-order valence-corrected chi connectivity index (χ3v) is 3.62. The summed E-state index contributed by atoms with van der Waals surface area (Å²) in [6.45, 7) is 0. The maximum Gasteiger partial charge on any atom is 0.416 e. The first kappa shape index (κ1) is 16.8. The second kappa shape index (κ2) is 6.69. The first-order chi connectivity index (χ1) is 10.9. The summed E-state index contributed by atoms with van der Waals surface area (Å²) in [6.07, 6.45) is -4.32. The van der Waals surface area contributed by atoms with E-state index >= 15 is 0 Å². The van der Waals surface area contributed by atoms with E-state index in [2.05, 4.69) is 10.1 Å². The maximum absolute atomic E-state index is 12.7. The fourth-order valence-electron chi connectivity index (χ4n) is 1.71. The summed E-state index contributed by atoms with van der Waals surface area (Å²) in [5.41, 5.74) is -1.11. The molecule has 1 aromatic carbocycles. The van der Waals surface area contributed by atoms with Crippen LogP contribution in [0.5, 0.6) is 11.5 Å². The molecule has 1 aromatic heterocycles. The number of hydrogen-bond donors (Lipinski definition) is 1. The zero-order valence-corrected chi connectivity index (χ0v) is 12.5. The number of carbonyl (C=O) groups is 2. The van der Waals surface area contributed by atoms with Crippen molar-refractivity contribution in [2.45, 2.75) is 6.18 Å². The molecule has 0 unspecified atom stereocenters. The molecule has 0 radical (unpaired) electrons. The van der Waals surface area contributed by atoms with E-state index in [1.165, 1.54) is 13.2 Å². The van der Waals surface area contributed by atoms with Crippen molar-refractivity contribution in [3.8, 4) is 11.5 Å². The van der Waals surface area contributed by atoms with Crippen molar-refractivity contribution in [2.24, 2.45) is 0 Å². The number of amides is 1. The van der Waals surface area contributed by atoms with Gasteiger partial charge in [-0.1, -0.05) is 0 Å². The summed E-state index contributed by atoms with van der Waals surface area (Å²) in [6, 6.07) is 4.09. The summed E-state index contributed by atoms with van der Waals surface area (Å²) in [5.74, 6) is -0.545. The van der Waals surface area contributed by atoms with E-state index in [4.69, 9.17) is 4.74 Å². The number of carbonyl (C=O) groups excluding carboxylic acids is 2. The first-order valence-corrected chi connectivity index (χ1v) is 7.00. The van der Waals surface area contributed by atoms with E-state index < -0.39 is 17.7 Å². The van der Waals surface area contributed by atoms with Gasteiger partial charge in [-0.05, 0) is 29.6 Å². The van der Waals surface area contributed by atoms with Crippen molar-refractivity contribution >= 4 is 29.4 Å². The Morgan fingerprint density at radius 2 is 2.00 bits per heavy atom. The Morgan fingerprint density at radius 1 is 1.26 bits per heavy atom. The Hall–Kier alpha value is -2.55. The van der Waals surface area contributed by atoms with Gasteiger partial charge in [0.2, 0.25) is 6.41 Å². The van der Waals surface area contributed by atoms with Crippen LogP contribution >= 0.6 is 11.3 Å².